The summed E-state index contributed by atoms with van der Waals surface area (Å²) in [5, 5.41) is 0. The topological polar surface area (TPSA) is 43.4 Å². The van der Waals surface area contributed by atoms with Crippen LogP contribution in [0.1, 0.15) is 41.3 Å². The lowest BCUT2D eigenvalue weighted by Gasteiger charge is -2.13. The Morgan fingerprint density at radius 3 is 2.32 bits per heavy atom. The Hall–Kier alpha value is -2.29. The van der Waals surface area contributed by atoms with E-state index in [1.807, 2.05) is 42.5 Å². The number of hydrogen-bond donors (Lipinski definition) is 0. The third kappa shape index (κ3) is 1.87. The van der Waals surface area contributed by atoms with Gasteiger partial charge in [0.15, 0.2) is 5.78 Å². The van der Waals surface area contributed by atoms with Gasteiger partial charge in [-0.1, -0.05) is 50.2 Å². The lowest BCUT2D eigenvalue weighted by atomic mass is 9.91. The minimum absolute atomic E-state index is 0.0237. The maximum Gasteiger partial charge on any atom is 0.237 e. The number of fused-ring (bicyclic) bond motifs is 1. The van der Waals surface area contributed by atoms with E-state index < -0.39 is 0 Å². The average molecular weight is 254 g/mol. The van der Waals surface area contributed by atoms with E-state index in [1.54, 1.807) is 0 Å². The molecule has 0 amide bonds. The van der Waals surface area contributed by atoms with Crippen molar-refractivity contribution in [1.82, 2.24) is 0 Å². The summed E-state index contributed by atoms with van der Waals surface area (Å²) < 4.78 is 9.91. The highest BCUT2D eigenvalue weighted by molar-refractivity contribution is 6.15. The van der Waals surface area contributed by atoms with Crippen molar-refractivity contribution in [3.63, 3.8) is 0 Å². The minimum atomic E-state index is -0.0237. The Labute approximate surface area is 110 Å². The largest absolute Gasteiger partial charge is 0.288 e. The zero-order valence-electron chi connectivity index (χ0n) is 10.8. The molecule has 0 atom stereocenters. The molecule has 0 saturated carbocycles. The Bertz CT molecular complexity index is 717. The molecule has 0 fully saturated rings. The fourth-order valence-corrected chi connectivity index (χ4v) is 2.23. The average Bonchev–Trinajstić information content (AvgIpc) is 2.39. The van der Waals surface area contributed by atoms with Crippen LogP contribution in [-0.4, -0.2) is 5.78 Å². The van der Waals surface area contributed by atoms with Gasteiger partial charge in [0, 0.05) is 5.56 Å². The number of ketones is 1. The van der Waals surface area contributed by atoms with Gasteiger partial charge in [-0.25, -0.2) is 0 Å². The lowest BCUT2D eigenvalue weighted by molar-refractivity contribution is 0.0575. The molecule has 0 bridgehead atoms. The maximum atomic E-state index is 12.6. The lowest BCUT2D eigenvalue weighted by Crippen LogP contribution is -2.08. The van der Waals surface area contributed by atoms with Crippen molar-refractivity contribution in [3.05, 3.63) is 59.2 Å². The number of rotatable bonds is 3. The summed E-state index contributed by atoms with van der Waals surface area (Å²) in [6, 6.07) is 13.0. The second kappa shape index (κ2) is 4.43. The normalized spacial score (nSPS) is 11.3. The van der Waals surface area contributed by atoms with Gasteiger partial charge in [-0.2, -0.15) is 0 Å². The first-order chi connectivity index (χ1) is 9.18. The van der Waals surface area contributed by atoms with Crippen LogP contribution in [0.25, 0.3) is 11.2 Å². The second-order valence-electron chi connectivity index (χ2n) is 4.87. The van der Waals surface area contributed by atoms with Crippen LogP contribution in [0.2, 0.25) is 0 Å². The van der Waals surface area contributed by atoms with Gasteiger partial charge in [-0.05, 0) is 17.5 Å². The molecule has 0 aliphatic heterocycles. The molecule has 1 heterocycles. The fourth-order valence-electron chi connectivity index (χ4n) is 2.23. The van der Waals surface area contributed by atoms with Gasteiger partial charge in [-0.3, -0.25) is 13.9 Å². The van der Waals surface area contributed by atoms with Gasteiger partial charge in [0.05, 0.1) is 5.56 Å². The standard InChI is InChI=1S/C16H14O3/c1-10(2)12-8-9-13-16(19-18-13)14(12)15(17)11-6-4-3-5-7-11/h3-10H,1-2H3. The molecule has 1 aromatic heterocycles. The maximum absolute atomic E-state index is 12.6. The predicted octanol–water partition coefficient (Wildman–Crippen LogP) is 4.38. The van der Waals surface area contributed by atoms with E-state index in [2.05, 4.69) is 13.8 Å². The molecule has 3 heteroatoms. The zero-order valence-corrected chi connectivity index (χ0v) is 10.8. The number of hydrogen-bond acceptors (Lipinski definition) is 3. The van der Waals surface area contributed by atoms with Crippen molar-refractivity contribution in [3.8, 4) is 0 Å². The smallest absolute Gasteiger partial charge is 0.237 e. The quantitative estimate of drug-likeness (QED) is 0.514. The SMILES string of the molecule is CC(C)c1ccc2ooc2c1C(=O)c1ccccc1. The Morgan fingerprint density at radius 1 is 1.00 bits per heavy atom. The van der Waals surface area contributed by atoms with Crippen LogP contribution in [0.4, 0.5) is 0 Å². The van der Waals surface area contributed by atoms with Crippen LogP contribution >= 0.6 is 0 Å². The molecule has 3 aromatic rings. The molecular weight excluding hydrogens is 240 g/mol. The van der Waals surface area contributed by atoms with Gasteiger partial charge in [-0.15, -0.1) is 0 Å². The Balaban J connectivity index is 2.19. The fraction of sp³-hybridized carbons (Fsp3) is 0.188. The molecular formula is C16H14O3. The van der Waals surface area contributed by atoms with Crippen molar-refractivity contribution in [2.24, 2.45) is 0 Å². The molecule has 2 aromatic carbocycles. The number of carbonyl (C=O) groups excluding carboxylic acids is 1. The van der Waals surface area contributed by atoms with Crippen LogP contribution in [0.15, 0.2) is 51.6 Å². The first-order valence-electron chi connectivity index (χ1n) is 6.29. The minimum Gasteiger partial charge on any atom is -0.288 e. The summed E-state index contributed by atoms with van der Waals surface area (Å²) in [7, 11) is 0. The van der Waals surface area contributed by atoms with Crippen LogP contribution < -0.4 is 0 Å². The first-order valence-corrected chi connectivity index (χ1v) is 6.29. The third-order valence-corrected chi connectivity index (χ3v) is 3.25. The Kier molecular flexibility index (Phi) is 2.75. The van der Waals surface area contributed by atoms with Crippen LogP contribution in [-0.2, 0) is 0 Å². The molecule has 0 unspecified atom stereocenters. The highest BCUT2D eigenvalue weighted by atomic mass is 17.0. The highest BCUT2D eigenvalue weighted by Gasteiger charge is 2.23. The van der Waals surface area contributed by atoms with Crippen molar-refractivity contribution < 1.29 is 13.9 Å². The van der Waals surface area contributed by atoms with Gasteiger partial charge >= 0.3 is 0 Å². The van der Waals surface area contributed by atoms with Gasteiger partial charge in [0.25, 0.3) is 0 Å². The molecule has 0 saturated heterocycles. The van der Waals surface area contributed by atoms with Gasteiger partial charge < -0.3 is 0 Å². The zero-order chi connectivity index (χ0) is 13.4. The molecule has 0 N–H and O–H groups in total. The monoisotopic (exact) mass is 254 g/mol. The first kappa shape index (κ1) is 11.8. The van der Waals surface area contributed by atoms with E-state index in [9.17, 15) is 4.79 Å². The van der Waals surface area contributed by atoms with E-state index in [1.165, 1.54) is 0 Å². The van der Waals surface area contributed by atoms with E-state index in [0.717, 1.165) is 5.56 Å². The summed E-state index contributed by atoms with van der Waals surface area (Å²) in [5.74, 6) is 0.224. The summed E-state index contributed by atoms with van der Waals surface area (Å²) in [5.41, 5.74) is 3.44. The van der Waals surface area contributed by atoms with Crippen LogP contribution in [0, 0.1) is 0 Å². The van der Waals surface area contributed by atoms with Crippen LogP contribution in [0.3, 0.4) is 0 Å². The summed E-state index contributed by atoms with van der Waals surface area (Å²) in [6.07, 6.45) is 0. The van der Waals surface area contributed by atoms with Crippen molar-refractivity contribution >= 4 is 16.9 Å². The predicted molar refractivity (Wildman–Crippen MR) is 72.4 cm³/mol. The van der Waals surface area contributed by atoms with E-state index in [4.69, 9.17) is 9.15 Å². The summed E-state index contributed by atoms with van der Waals surface area (Å²) in [4.78, 5) is 12.6. The number of benzene rings is 2. The molecule has 0 radical (unpaired) electrons. The third-order valence-electron chi connectivity index (χ3n) is 3.25. The van der Waals surface area contributed by atoms with E-state index >= 15 is 0 Å². The summed E-state index contributed by atoms with van der Waals surface area (Å²) >= 11 is 0. The second-order valence-corrected chi connectivity index (χ2v) is 4.87. The molecule has 0 spiro atoms. The van der Waals surface area contributed by atoms with E-state index in [-0.39, 0.29) is 11.7 Å². The van der Waals surface area contributed by atoms with Gasteiger partial charge in [0.1, 0.15) is 0 Å². The summed E-state index contributed by atoms with van der Waals surface area (Å²) in [6.45, 7) is 4.12. The van der Waals surface area contributed by atoms with Crippen molar-refractivity contribution in [2.45, 2.75) is 19.8 Å². The van der Waals surface area contributed by atoms with E-state index in [0.29, 0.717) is 22.3 Å². The van der Waals surface area contributed by atoms with Gasteiger partial charge in [0.2, 0.25) is 11.2 Å². The highest BCUT2D eigenvalue weighted by Crippen LogP contribution is 2.31. The van der Waals surface area contributed by atoms with Crippen LogP contribution in [0.5, 0.6) is 0 Å². The molecule has 3 nitrogen and oxygen atoms in total. The Morgan fingerprint density at radius 2 is 1.74 bits per heavy atom. The molecule has 96 valence electrons. The number of carbonyl (C=O) groups is 1. The van der Waals surface area contributed by atoms with Crippen molar-refractivity contribution in [1.29, 1.82) is 0 Å². The molecule has 3 rings (SSSR count). The molecule has 0 aliphatic rings. The molecule has 0 aliphatic carbocycles. The van der Waals surface area contributed by atoms with Crippen molar-refractivity contribution in [2.75, 3.05) is 0 Å². The molecule has 19 heavy (non-hydrogen) atoms.